The first-order valence-electron chi connectivity index (χ1n) is 16.5. The van der Waals surface area contributed by atoms with Crippen molar-refractivity contribution in [3.63, 3.8) is 0 Å². The summed E-state index contributed by atoms with van der Waals surface area (Å²) in [7, 11) is 0. The number of amides is 3. The van der Waals surface area contributed by atoms with Gasteiger partial charge in [-0.15, -0.1) is 0 Å². The number of ether oxygens (including phenoxy) is 1. The molecule has 0 spiro atoms. The van der Waals surface area contributed by atoms with Crippen LogP contribution >= 0.6 is 23.2 Å². The molecule has 1 heterocycles. The topological polar surface area (TPSA) is 144 Å². The van der Waals surface area contributed by atoms with E-state index in [1.54, 1.807) is 0 Å². The third-order valence-corrected chi connectivity index (χ3v) is 10.8. The number of hydrazine groups is 1. The van der Waals surface area contributed by atoms with E-state index in [9.17, 15) is 34.1 Å². The van der Waals surface area contributed by atoms with Gasteiger partial charge < -0.3 is 4.74 Å². The van der Waals surface area contributed by atoms with Gasteiger partial charge in [0.25, 0.3) is 23.4 Å². The van der Waals surface area contributed by atoms with Crippen molar-refractivity contribution in [3.05, 3.63) is 174 Å². The summed E-state index contributed by atoms with van der Waals surface area (Å²) in [6.07, 6.45) is 0. The number of ketones is 1. The van der Waals surface area contributed by atoms with E-state index in [2.05, 4.69) is 0 Å². The number of hydrogen-bond donors (Lipinski definition) is 0. The number of nitro benzene ring substituents is 1. The van der Waals surface area contributed by atoms with E-state index < -0.39 is 64.6 Å². The molecular weight excluding hydrogens is 721 g/mol. The van der Waals surface area contributed by atoms with E-state index in [0.717, 1.165) is 32.3 Å². The van der Waals surface area contributed by atoms with Crippen molar-refractivity contribution < 1.29 is 33.6 Å². The number of nitrogens with zero attached hydrogens (tertiary/aromatic N) is 3. The lowest BCUT2D eigenvalue weighted by Gasteiger charge is -2.45. The summed E-state index contributed by atoms with van der Waals surface area (Å²) < 4.78 is 5.37. The molecule has 3 amide bonds. The minimum absolute atomic E-state index is 0.00530. The molecule has 53 heavy (non-hydrogen) atoms. The maximum Gasteiger partial charge on any atom is 0.343 e. The van der Waals surface area contributed by atoms with E-state index in [4.69, 9.17) is 27.9 Å². The molecule has 11 nitrogen and oxygen atoms in total. The SMILES string of the molecule is O=C(CN(C(=O)c1ccc(Cl)c(Cl)c1)N1C(=O)[C@@H]2C3c4ccccc4C(c4ccccc43)[C@H]2C1=O)c1ccc(OC(=O)c2ccc([N+](=O)[O-])cc2)cc1. The maximum absolute atomic E-state index is 14.6. The van der Waals surface area contributed by atoms with Crippen LogP contribution in [0.25, 0.3) is 0 Å². The minimum Gasteiger partial charge on any atom is -0.423 e. The van der Waals surface area contributed by atoms with Crippen molar-refractivity contribution in [2.45, 2.75) is 11.8 Å². The third kappa shape index (κ3) is 5.65. The maximum atomic E-state index is 14.6. The van der Waals surface area contributed by atoms with Gasteiger partial charge in [-0.25, -0.2) is 9.80 Å². The van der Waals surface area contributed by atoms with E-state index in [1.807, 2.05) is 48.5 Å². The molecule has 262 valence electrons. The Balaban J connectivity index is 1.10. The molecule has 1 aliphatic heterocycles. The average Bonchev–Trinajstić information content (AvgIpc) is 3.44. The van der Waals surface area contributed by atoms with Crippen LogP contribution in [0.15, 0.2) is 115 Å². The first-order valence-corrected chi connectivity index (χ1v) is 17.2. The minimum atomic E-state index is -0.812. The highest BCUT2D eigenvalue weighted by Gasteiger charge is 2.63. The number of benzene rings is 5. The Labute approximate surface area is 311 Å². The molecule has 2 bridgehead atoms. The van der Waals surface area contributed by atoms with Crippen LogP contribution in [0.4, 0.5) is 5.69 Å². The number of nitro groups is 1. The Bertz CT molecular complexity index is 2280. The monoisotopic (exact) mass is 745 g/mol. The van der Waals surface area contributed by atoms with Gasteiger partial charge in [0.2, 0.25) is 0 Å². The summed E-state index contributed by atoms with van der Waals surface area (Å²) in [5.41, 5.74) is 3.80. The van der Waals surface area contributed by atoms with E-state index in [1.165, 1.54) is 66.7 Å². The molecule has 0 aromatic heterocycles. The fourth-order valence-electron chi connectivity index (χ4n) is 7.73. The summed E-state index contributed by atoms with van der Waals surface area (Å²) in [6.45, 7) is -0.687. The lowest BCUT2D eigenvalue weighted by atomic mass is 9.55. The Kier molecular flexibility index (Phi) is 8.39. The van der Waals surface area contributed by atoms with Gasteiger partial charge >= 0.3 is 5.97 Å². The molecular formula is C40H25Cl2N3O8. The van der Waals surface area contributed by atoms with Gasteiger partial charge in [-0.1, -0.05) is 71.7 Å². The number of carbonyl (C=O) groups excluding carboxylic acids is 5. The van der Waals surface area contributed by atoms with E-state index >= 15 is 0 Å². The van der Waals surface area contributed by atoms with E-state index in [-0.39, 0.29) is 38.2 Å². The molecule has 13 heteroatoms. The summed E-state index contributed by atoms with van der Waals surface area (Å²) in [5, 5.41) is 12.9. The molecule has 2 atom stereocenters. The summed E-state index contributed by atoms with van der Waals surface area (Å²) in [6, 6.07) is 30.0. The molecule has 0 N–H and O–H groups in total. The number of Topliss-reactive ketones (excluding diaryl/α,β-unsaturated/α-hetero) is 1. The van der Waals surface area contributed by atoms with Crippen LogP contribution < -0.4 is 4.74 Å². The predicted molar refractivity (Wildman–Crippen MR) is 192 cm³/mol. The fraction of sp³-hybridized carbons (Fsp3) is 0.125. The number of esters is 1. The zero-order valence-electron chi connectivity index (χ0n) is 27.3. The van der Waals surface area contributed by atoms with Gasteiger partial charge in [-0.05, 0) is 76.9 Å². The summed E-state index contributed by atoms with van der Waals surface area (Å²) in [4.78, 5) is 80.3. The zero-order valence-corrected chi connectivity index (χ0v) is 28.9. The van der Waals surface area contributed by atoms with Crippen molar-refractivity contribution >= 4 is 58.4 Å². The molecule has 0 unspecified atom stereocenters. The van der Waals surface area contributed by atoms with Crippen molar-refractivity contribution in [3.8, 4) is 5.75 Å². The number of carbonyl (C=O) groups is 5. The van der Waals surface area contributed by atoms with Gasteiger partial charge in [-0.2, -0.15) is 5.01 Å². The standard InChI is InChI=1S/C40H25Cl2N3O8/c41-30-18-13-23(19-31(30)42)37(47)43(20-32(46)21-11-16-25(17-12-21)53-40(50)22-9-14-24(15-10-22)45(51)52)44-38(48)35-33-26-5-1-2-6-27(26)34(36(35)39(44)49)29-8-4-3-7-28(29)33/h1-19,33-36H,20H2/t33?,34?,35-,36-/m1/s1. The second kappa shape index (κ2) is 13.1. The number of hydrogen-bond acceptors (Lipinski definition) is 8. The first kappa shape index (κ1) is 33.9. The molecule has 4 aliphatic rings. The van der Waals surface area contributed by atoms with Gasteiger partial charge in [0.1, 0.15) is 12.3 Å². The van der Waals surface area contributed by atoms with Crippen LogP contribution in [0.1, 0.15) is 65.2 Å². The quantitative estimate of drug-likeness (QED) is 0.0403. The van der Waals surface area contributed by atoms with Gasteiger partial charge in [0.05, 0.1) is 32.4 Å². The number of non-ortho nitro benzene ring substituents is 1. The Morgan fingerprint density at radius 3 is 1.66 bits per heavy atom. The number of rotatable bonds is 8. The van der Waals surface area contributed by atoms with E-state index in [0.29, 0.717) is 0 Å². The third-order valence-electron chi connectivity index (χ3n) is 10.1. The lowest BCUT2D eigenvalue weighted by molar-refractivity contribution is -0.384. The largest absolute Gasteiger partial charge is 0.423 e. The van der Waals surface area contributed by atoms with Crippen molar-refractivity contribution in [1.29, 1.82) is 0 Å². The molecule has 1 saturated heterocycles. The zero-order chi connectivity index (χ0) is 37.1. The molecule has 0 saturated carbocycles. The molecule has 0 radical (unpaired) electrons. The van der Waals surface area contributed by atoms with Crippen LogP contribution in [0.3, 0.4) is 0 Å². The van der Waals surface area contributed by atoms with Crippen LogP contribution in [-0.2, 0) is 9.59 Å². The lowest BCUT2D eigenvalue weighted by Crippen LogP contribution is -2.52. The highest BCUT2D eigenvalue weighted by Crippen LogP contribution is 2.61. The smallest absolute Gasteiger partial charge is 0.343 e. The van der Waals surface area contributed by atoms with Crippen molar-refractivity contribution in [1.82, 2.24) is 10.0 Å². The Morgan fingerprint density at radius 2 is 1.17 bits per heavy atom. The van der Waals surface area contributed by atoms with Crippen LogP contribution in [0.5, 0.6) is 5.75 Å². The number of halogens is 2. The van der Waals surface area contributed by atoms with Crippen LogP contribution in [-0.4, -0.2) is 51.0 Å². The summed E-state index contributed by atoms with van der Waals surface area (Å²) >= 11 is 12.4. The van der Waals surface area contributed by atoms with Gasteiger partial charge in [0, 0.05) is 35.1 Å². The highest BCUT2D eigenvalue weighted by atomic mass is 35.5. The summed E-state index contributed by atoms with van der Waals surface area (Å²) in [5.74, 6) is -5.77. The Morgan fingerprint density at radius 1 is 0.679 bits per heavy atom. The predicted octanol–water partition coefficient (Wildman–Crippen LogP) is 7.25. The molecule has 1 fully saturated rings. The average molecular weight is 747 g/mol. The van der Waals surface area contributed by atoms with Gasteiger partial charge in [-0.3, -0.25) is 29.3 Å². The molecule has 3 aliphatic carbocycles. The van der Waals surface area contributed by atoms with Gasteiger partial charge in [0.15, 0.2) is 5.78 Å². The van der Waals surface area contributed by atoms with Crippen LogP contribution in [0, 0.1) is 22.0 Å². The molecule has 5 aromatic carbocycles. The van der Waals surface area contributed by atoms with Crippen LogP contribution in [0.2, 0.25) is 10.0 Å². The number of imide groups is 1. The van der Waals surface area contributed by atoms with Crippen molar-refractivity contribution in [2.75, 3.05) is 6.54 Å². The Hall–Kier alpha value is -6.17. The van der Waals surface area contributed by atoms with Crippen molar-refractivity contribution in [2.24, 2.45) is 11.8 Å². The normalized spacial score (nSPS) is 19.2. The molecule has 5 aromatic rings. The molecule has 9 rings (SSSR count). The fourth-order valence-corrected chi connectivity index (χ4v) is 8.03. The first-order chi connectivity index (χ1) is 25.5. The second-order valence-corrected chi connectivity index (χ2v) is 13.7. The highest BCUT2D eigenvalue weighted by molar-refractivity contribution is 6.42. The second-order valence-electron chi connectivity index (χ2n) is 12.9.